The van der Waals surface area contributed by atoms with E-state index in [-0.39, 0.29) is 10.5 Å². The molecule has 0 spiro atoms. The molecule has 112 valence electrons. The first kappa shape index (κ1) is 16.8. The summed E-state index contributed by atoms with van der Waals surface area (Å²) < 4.78 is 53.8. The summed E-state index contributed by atoms with van der Waals surface area (Å²) in [4.78, 5) is -0.222. The van der Waals surface area contributed by atoms with Crippen LogP contribution in [0.4, 0.5) is 0 Å². The molecule has 0 saturated heterocycles. The van der Waals surface area contributed by atoms with Gasteiger partial charge in [-0.2, -0.15) is 37.2 Å². The molecule has 4 N–H and O–H groups in total. The number of allylic oxidation sites excluding steroid dienone is 6. The van der Waals surface area contributed by atoms with Crippen LogP contribution in [0.5, 0.6) is 0 Å². The largest absolute Gasteiger partial charge is 0.312 e. The molecule has 1 atom stereocenters. The van der Waals surface area contributed by atoms with Gasteiger partial charge in [0.2, 0.25) is 0 Å². The third kappa shape index (κ3) is 3.85. The molecule has 20 heavy (non-hydrogen) atoms. The Morgan fingerprint density at radius 1 is 1.00 bits per heavy atom. The normalized spacial score (nSPS) is 26.4. The minimum Gasteiger partial charge on any atom is -0.198 e. The van der Waals surface area contributed by atoms with Gasteiger partial charge in [0.25, 0.3) is 10.1 Å². The standard InChI is InChI=1S/C10H14N2O6S2/c1-8(19(13,14)17-11)9-4-2-3-5-10(7-6-9)20(15,16)18-12/h2-8H,11-12H2,1H3/b3-2-,4-2?,5-3?,7-6-,9-4+,9-6?,10-5+,10-7?. The van der Waals surface area contributed by atoms with Crippen molar-refractivity contribution in [3.05, 3.63) is 46.9 Å². The van der Waals surface area contributed by atoms with Crippen LogP contribution in [0.2, 0.25) is 0 Å². The van der Waals surface area contributed by atoms with Gasteiger partial charge in [-0.05, 0) is 24.6 Å². The van der Waals surface area contributed by atoms with Crippen LogP contribution in [-0.2, 0) is 28.8 Å². The first-order valence-corrected chi connectivity index (χ1v) is 8.14. The third-order valence-electron chi connectivity index (χ3n) is 2.55. The summed E-state index contributed by atoms with van der Waals surface area (Å²) in [6.45, 7) is 1.35. The number of hydrogen-bond acceptors (Lipinski definition) is 8. The Morgan fingerprint density at radius 2 is 1.60 bits per heavy atom. The highest BCUT2D eigenvalue weighted by Gasteiger charge is 2.24. The Hall–Kier alpha value is -1.30. The summed E-state index contributed by atoms with van der Waals surface area (Å²) in [5.74, 6) is 9.38. The fourth-order valence-electron chi connectivity index (χ4n) is 1.35. The molecule has 0 saturated carbocycles. The second-order valence-electron chi connectivity index (χ2n) is 3.74. The molecule has 0 heterocycles. The lowest BCUT2D eigenvalue weighted by Crippen LogP contribution is -2.24. The van der Waals surface area contributed by atoms with E-state index in [1.807, 2.05) is 0 Å². The summed E-state index contributed by atoms with van der Waals surface area (Å²) in [6, 6.07) is 0. The van der Waals surface area contributed by atoms with Crippen LogP contribution in [0, 0.1) is 0 Å². The third-order valence-corrected chi connectivity index (χ3v) is 5.06. The van der Waals surface area contributed by atoms with Gasteiger partial charge in [0.15, 0.2) is 0 Å². The van der Waals surface area contributed by atoms with Gasteiger partial charge >= 0.3 is 10.1 Å². The molecule has 0 fully saturated rings. The minimum atomic E-state index is -4.08. The highest BCUT2D eigenvalue weighted by Crippen LogP contribution is 2.19. The zero-order valence-electron chi connectivity index (χ0n) is 10.5. The SMILES string of the molecule is CC(C1=C/C=C\C=C(S(=O)(=O)ON)/C=C\1)S(=O)(=O)ON. The highest BCUT2D eigenvalue weighted by molar-refractivity contribution is 7.90. The monoisotopic (exact) mass is 322 g/mol. The molecule has 0 radical (unpaired) electrons. The van der Waals surface area contributed by atoms with E-state index in [9.17, 15) is 16.8 Å². The molecule has 1 rings (SSSR count). The molecule has 0 bridgehead atoms. The number of hydrogen-bond donors (Lipinski definition) is 2. The zero-order valence-corrected chi connectivity index (χ0v) is 12.1. The van der Waals surface area contributed by atoms with E-state index in [4.69, 9.17) is 5.90 Å². The second-order valence-corrected chi connectivity index (χ2v) is 7.19. The maximum atomic E-state index is 11.5. The molecule has 0 aromatic rings. The van der Waals surface area contributed by atoms with Crippen LogP contribution < -0.4 is 11.8 Å². The maximum Gasteiger partial charge on any atom is 0.312 e. The predicted molar refractivity (Wildman–Crippen MR) is 72.3 cm³/mol. The molecule has 1 unspecified atom stereocenters. The van der Waals surface area contributed by atoms with E-state index in [2.05, 4.69) is 14.5 Å². The van der Waals surface area contributed by atoms with E-state index < -0.39 is 25.5 Å². The first-order chi connectivity index (χ1) is 9.24. The van der Waals surface area contributed by atoms with Gasteiger partial charge < -0.3 is 0 Å². The van der Waals surface area contributed by atoms with Crippen LogP contribution in [0.3, 0.4) is 0 Å². The Bertz CT molecular complexity index is 685. The van der Waals surface area contributed by atoms with Crippen molar-refractivity contribution >= 4 is 20.2 Å². The zero-order chi connectivity index (χ0) is 15.4. The van der Waals surface area contributed by atoms with E-state index >= 15 is 0 Å². The fraction of sp³-hybridized carbons (Fsp3) is 0.200. The van der Waals surface area contributed by atoms with Crippen LogP contribution >= 0.6 is 0 Å². The van der Waals surface area contributed by atoms with Crippen LogP contribution in [0.25, 0.3) is 0 Å². The van der Waals surface area contributed by atoms with Gasteiger partial charge in [-0.3, -0.25) is 0 Å². The van der Waals surface area contributed by atoms with E-state index in [0.717, 1.165) is 0 Å². The smallest absolute Gasteiger partial charge is 0.198 e. The van der Waals surface area contributed by atoms with Crippen molar-refractivity contribution in [3.63, 3.8) is 0 Å². The molecular weight excluding hydrogens is 308 g/mol. The summed E-state index contributed by atoms with van der Waals surface area (Å²) >= 11 is 0. The molecule has 0 aromatic carbocycles. The van der Waals surface area contributed by atoms with Gasteiger partial charge in [-0.25, -0.2) is 0 Å². The van der Waals surface area contributed by atoms with Crippen LogP contribution in [0.1, 0.15) is 6.92 Å². The molecule has 0 amide bonds. The number of nitrogens with two attached hydrogens (primary N) is 2. The van der Waals surface area contributed by atoms with Crippen LogP contribution in [0.15, 0.2) is 46.9 Å². The topological polar surface area (TPSA) is 139 Å². The summed E-state index contributed by atoms with van der Waals surface area (Å²) in [6.07, 6.45) is 8.07. The summed E-state index contributed by atoms with van der Waals surface area (Å²) in [5.41, 5.74) is 0.282. The first-order valence-electron chi connectivity index (χ1n) is 5.27. The maximum absolute atomic E-state index is 11.5. The molecule has 8 nitrogen and oxygen atoms in total. The average Bonchev–Trinajstić information content (AvgIpc) is 2.37. The highest BCUT2D eigenvalue weighted by atomic mass is 32.2. The van der Waals surface area contributed by atoms with Crippen molar-refractivity contribution in [1.29, 1.82) is 0 Å². The van der Waals surface area contributed by atoms with Gasteiger partial charge in [0.1, 0.15) is 5.25 Å². The molecule has 0 aliphatic heterocycles. The van der Waals surface area contributed by atoms with E-state index in [0.29, 0.717) is 0 Å². The van der Waals surface area contributed by atoms with Gasteiger partial charge in [0.05, 0.1) is 4.91 Å². The Morgan fingerprint density at radius 3 is 2.15 bits per heavy atom. The lowest BCUT2D eigenvalue weighted by atomic mass is 10.1. The Balaban J connectivity index is 3.17. The van der Waals surface area contributed by atoms with Gasteiger partial charge in [-0.15, -0.1) is 0 Å². The van der Waals surface area contributed by atoms with Crippen molar-refractivity contribution in [3.8, 4) is 0 Å². The van der Waals surface area contributed by atoms with Crippen molar-refractivity contribution in [2.45, 2.75) is 12.2 Å². The quantitative estimate of drug-likeness (QED) is 0.661. The molecule has 1 aliphatic rings. The Labute approximate surface area is 117 Å². The van der Waals surface area contributed by atoms with Gasteiger partial charge in [0, 0.05) is 0 Å². The van der Waals surface area contributed by atoms with Gasteiger partial charge in [-0.1, -0.05) is 24.3 Å². The molecule has 10 heteroatoms. The summed E-state index contributed by atoms with van der Waals surface area (Å²) in [7, 11) is -8.07. The molecular formula is C10H14N2O6S2. The Kier molecular flexibility index (Phi) is 5.39. The summed E-state index contributed by atoms with van der Waals surface area (Å²) in [5, 5.41) is -1.07. The molecule has 0 aromatic heterocycles. The minimum absolute atomic E-state index is 0.222. The lowest BCUT2D eigenvalue weighted by Gasteiger charge is -2.12. The van der Waals surface area contributed by atoms with Crippen molar-refractivity contribution in [1.82, 2.24) is 0 Å². The van der Waals surface area contributed by atoms with Crippen LogP contribution in [-0.4, -0.2) is 22.1 Å². The van der Waals surface area contributed by atoms with E-state index in [1.165, 1.54) is 43.4 Å². The van der Waals surface area contributed by atoms with Crippen molar-refractivity contribution < 1.29 is 25.4 Å². The lowest BCUT2D eigenvalue weighted by molar-refractivity contribution is 0.329. The number of rotatable bonds is 5. The predicted octanol–water partition coefficient (Wildman–Crippen LogP) is -0.249. The second kappa shape index (κ2) is 6.43. The fourth-order valence-corrected chi connectivity index (χ4v) is 2.60. The molecule has 1 aliphatic carbocycles. The average molecular weight is 322 g/mol. The van der Waals surface area contributed by atoms with Crippen molar-refractivity contribution in [2.75, 3.05) is 0 Å². The van der Waals surface area contributed by atoms with E-state index in [1.54, 1.807) is 0 Å². The van der Waals surface area contributed by atoms with Crippen molar-refractivity contribution in [2.24, 2.45) is 11.8 Å².